The van der Waals surface area contributed by atoms with Crippen LogP contribution in [-0.4, -0.2) is 26.6 Å². The minimum atomic E-state index is -0.471. The Morgan fingerprint density at radius 3 is 3.06 bits per heavy atom. The topological polar surface area (TPSA) is 107 Å². The Hall–Kier alpha value is -2.03. The predicted molar refractivity (Wildman–Crippen MR) is 55.3 cm³/mol. The summed E-state index contributed by atoms with van der Waals surface area (Å²) in [6, 6.07) is 0. The van der Waals surface area contributed by atoms with Crippen molar-refractivity contribution < 1.29 is 9.45 Å². The van der Waals surface area contributed by atoms with E-state index in [2.05, 4.69) is 20.4 Å². The van der Waals surface area contributed by atoms with Crippen LogP contribution in [0.3, 0.4) is 0 Å². The van der Waals surface area contributed by atoms with Crippen LogP contribution in [0.25, 0.3) is 0 Å². The zero-order chi connectivity index (χ0) is 11.4. The second kappa shape index (κ2) is 4.66. The van der Waals surface area contributed by atoms with Crippen molar-refractivity contribution in [2.75, 3.05) is 11.9 Å². The van der Waals surface area contributed by atoms with Gasteiger partial charge in [0.15, 0.2) is 11.5 Å². The maximum Gasteiger partial charge on any atom is 0.345 e. The van der Waals surface area contributed by atoms with Crippen LogP contribution in [0.2, 0.25) is 0 Å². The summed E-state index contributed by atoms with van der Waals surface area (Å²) in [5.74, 6) is 0.513. The van der Waals surface area contributed by atoms with Crippen LogP contribution >= 0.6 is 11.3 Å². The van der Waals surface area contributed by atoms with Gasteiger partial charge in [0.05, 0.1) is 4.92 Å². The molecule has 0 bridgehead atoms. The summed E-state index contributed by atoms with van der Waals surface area (Å²) < 4.78 is 4.79. The molecular weight excluding hydrogens is 234 g/mol. The predicted octanol–water partition coefficient (Wildman–Crippen LogP) is 1.09. The molecule has 2 heterocycles. The molecule has 2 rings (SSSR count). The van der Waals surface area contributed by atoms with Crippen molar-refractivity contribution in [1.82, 2.24) is 15.1 Å². The quantitative estimate of drug-likeness (QED) is 0.616. The van der Waals surface area contributed by atoms with Gasteiger partial charge in [0, 0.05) is 13.0 Å². The molecule has 8 nitrogen and oxygen atoms in total. The Kier molecular flexibility index (Phi) is 3.05. The zero-order valence-electron chi connectivity index (χ0n) is 7.99. The average Bonchev–Trinajstić information content (AvgIpc) is 2.87. The molecule has 2 aromatic rings. The van der Waals surface area contributed by atoms with E-state index >= 15 is 0 Å². The van der Waals surface area contributed by atoms with Crippen molar-refractivity contribution in [3.05, 3.63) is 28.5 Å². The molecule has 16 heavy (non-hydrogen) atoms. The lowest BCUT2D eigenvalue weighted by molar-refractivity contribution is -0.380. The molecule has 0 spiro atoms. The lowest BCUT2D eigenvalue weighted by atomic mass is 10.4. The highest BCUT2D eigenvalue weighted by Crippen LogP contribution is 2.24. The van der Waals surface area contributed by atoms with E-state index in [1.165, 1.54) is 12.5 Å². The van der Waals surface area contributed by atoms with Gasteiger partial charge in [0.2, 0.25) is 5.89 Å². The largest absolute Gasteiger partial charge is 0.361 e. The van der Waals surface area contributed by atoms with Crippen LogP contribution in [0.4, 0.5) is 10.1 Å². The number of anilines is 1. The number of nitrogens with one attached hydrogen (secondary N) is 1. The molecule has 0 amide bonds. The van der Waals surface area contributed by atoms with Crippen molar-refractivity contribution in [3.8, 4) is 0 Å². The molecule has 84 valence electrons. The highest BCUT2D eigenvalue weighted by molar-refractivity contribution is 7.18. The van der Waals surface area contributed by atoms with Crippen LogP contribution in [0.5, 0.6) is 0 Å². The van der Waals surface area contributed by atoms with Crippen molar-refractivity contribution in [2.45, 2.75) is 6.42 Å². The fourth-order valence-electron chi connectivity index (χ4n) is 1.01. The maximum absolute atomic E-state index is 10.4. The summed E-state index contributed by atoms with van der Waals surface area (Å²) in [7, 11) is 0. The van der Waals surface area contributed by atoms with Gasteiger partial charge in [0.1, 0.15) is 6.20 Å². The molecule has 0 aliphatic rings. The van der Waals surface area contributed by atoms with Crippen molar-refractivity contribution in [3.63, 3.8) is 0 Å². The standard InChI is InChI=1S/C7H7N5O3S/c13-12(14)6-3-9-7(16-6)8-2-1-5-10-4-11-15-5/h3-4H,1-2H2,(H,8,9). The molecule has 0 fully saturated rings. The first-order valence-corrected chi connectivity index (χ1v) is 5.17. The molecule has 0 aliphatic heterocycles. The third-order valence-electron chi connectivity index (χ3n) is 1.70. The van der Waals surface area contributed by atoms with E-state index in [0.29, 0.717) is 24.0 Å². The van der Waals surface area contributed by atoms with Crippen LogP contribution in [-0.2, 0) is 6.42 Å². The molecule has 2 aromatic heterocycles. The van der Waals surface area contributed by atoms with Crippen LogP contribution < -0.4 is 5.32 Å². The van der Waals surface area contributed by atoms with Gasteiger partial charge in [-0.05, 0) is 11.3 Å². The molecule has 1 N–H and O–H groups in total. The van der Waals surface area contributed by atoms with E-state index in [4.69, 9.17) is 4.52 Å². The van der Waals surface area contributed by atoms with Gasteiger partial charge >= 0.3 is 5.00 Å². The van der Waals surface area contributed by atoms with Crippen LogP contribution in [0.15, 0.2) is 17.0 Å². The van der Waals surface area contributed by atoms with Gasteiger partial charge < -0.3 is 9.84 Å². The van der Waals surface area contributed by atoms with Gasteiger partial charge in [-0.15, -0.1) is 0 Å². The molecule has 0 radical (unpaired) electrons. The van der Waals surface area contributed by atoms with E-state index in [1.54, 1.807) is 0 Å². The number of aromatic nitrogens is 3. The summed E-state index contributed by atoms with van der Waals surface area (Å²) in [4.78, 5) is 17.6. The van der Waals surface area contributed by atoms with E-state index in [0.717, 1.165) is 11.3 Å². The number of thiazole rings is 1. The summed E-state index contributed by atoms with van der Waals surface area (Å²) in [5.41, 5.74) is 0. The molecule has 0 saturated heterocycles. The van der Waals surface area contributed by atoms with Crippen molar-refractivity contribution in [2.24, 2.45) is 0 Å². The molecular formula is C7H7N5O3S. The fourth-order valence-corrected chi connectivity index (χ4v) is 1.67. The Bertz CT molecular complexity index is 468. The number of rotatable bonds is 5. The summed E-state index contributed by atoms with van der Waals surface area (Å²) >= 11 is 0.990. The second-order valence-corrected chi connectivity index (χ2v) is 3.78. The minimum Gasteiger partial charge on any atom is -0.361 e. The van der Waals surface area contributed by atoms with Crippen LogP contribution in [0.1, 0.15) is 5.89 Å². The second-order valence-electron chi connectivity index (χ2n) is 2.77. The minimum absolute atomic E-state index is 0.0142. The van der Waals surface area contributed by atoms with Crippen LogP contribution in [0, 0.1) is 10.1 Å². The maximum atomic E-state index is 10.4. The average molecular weight is 241 g/mol. The number of hydrogen-bond acceptors (Lipinski definition) is 8. The molecule has 0 aliphatic carbocycles. The van der Waals surface area contributed by atoms with Gasteiger partial charge in [-0.3, -0.25) is 10.1 Å². The van der Waals surface area contributed by atoms with Gasteiger partial charge in [0.25, 0.3) is 0 Å². The number of nitrogens with zero attached hydrogens (tertiary/aromatic N) is 4. The Morgan fingerprint density at radius 1 is 1.56 bits per heavy atom. The number of nitro groups is 1. The Labute approximate surface area is 93.5 Å². The first-order chi connectivity index (χ1) is 7.75. The van der Waals surface area contributed by atoms with Crippen molar-refractivity contribution in [1.29, 1.82) is 0 Å². The summed E-state index contributed by atoms with van der Waals surface area (Å²) in [5, 5.41) is 17.3. The lowest BCUT2D eigenvalue weighted by Gasteiger charge is -1.97. The van der Waals surface area contributed by atoms with E-state index in [-0.39, 0.29) is 5.00 Å². The van der Waals surface area contributed by atoms with Gasteiger partial charge in [-0.2, -0.15) is 4.98 Å². The van der Waals surface area contributed by atoms with E-state index < -0.39 is 4.92 Å². The molecule has 0 saturated carbocycles. The first-order valence-electron chi connectivity index (χ1n) is 4.35. The van der Waals surface area contributed by atoms with Gasteiger partial charge in [-0.1, -0.05) is 5.16 Å². The monoisotopic (exact) mass is 241 g/mol. The van der Waals surface area contributed by atoms with E-state index in [9.17, 15) is 10.1 Å². The molecule has 0 atom stereocenters. The number of hydrogen-bond donors (Lipinski definition) is 1. The molecule has 9 heteroatoms. The first kappa shape index (κ1) is 10.5. The third-order valence-corrected chi connectivity index (χ3v) is 2.60. The zero-order valence-corrected chi connectivity index (χ0v) is 8.81. The third kappa shape index (κ3) is 2.51. The summed E-state index contributed by atoms with van der Waals surface area (Å²) in [6.07, 6.45) is 3.09. The Balaban J connectivity index is 1.83. The smallest absolute Gasteiger partial charge is 0.345 e. The Morgan fingerprint density at radius 2 is 2.44 bits per heavy atom. The highest BCUT2D eigenvalue weighted by atomic mass is 32.1. The fraction of sp³-hybridized carbons (Fsp3) is 0.286. The molecule has 0 aromatic carbocycles. The normalized spacial score (nSPS) is 10.2. The SMILES string of the molecule is O=[N+]([O-])c1cnc(NCCc2ncno2)s1. The van der Waals surface area contributed by atoms with E-state index in [1.807, 2.05) is 0 Å². The highest BCUT2D eigenvalue weighted by Gasteiger charge is 2.10. The summed E-state index contributed by atoms with van der Waals surface area (Å²) in [6.45, 7) is 0.535. The van der Waals surface area contributed by atoms with Gasteiger partial charge in [-0.25, -0.2) is 4.98 Å². The lowest BCUT2D eigenvalue weighted by Crippen LogP contribution is -2.04. The molecule has 0 unspecified atom stereocenters. The van der Waals surface area contributed by atoms with Crippen molar-refractivity contribution >= 4 is 21.5 Å².